The number of benzene rings is 1. The molecule has 0 saturated heterocycles. The number of phenols is 1. The Morgan fingerprint density at radius 3 is 2.54 bits per heavy atom. The van der Waals surface area contributed by atoms with Crippen molar-refractivity contribution in [2.24, 2.45) is 0 Å². The Hall–Kier alpha value is -1.92. The van der Waals surface area contributed by atoms with E-state index in [9.17, 15) is 9.90 Å². The first-order valence-electron chi connectivity index (χ1n) is 7.70. The fraction of sp³-hybridized carbons (Fsp3) is 0.333. The largest absolute Gasteiger partial charge is 0.506 e. The van der Waals surface area contributed by atoms with E-state index in [4.69, 9.17) is 12.2 Å². The SMILES string of the molecule is Cc1sc2[nH]c(=S)n(-c3cc(C(C)(C)C)ccc3O)c(=O)c2c1C. The molecule has 4 nitrogen and oxygen atoms in total. The number of aromatic amines is 1. The number of nitrogens with zero attached hydrogens (tertiary/aromatic N) is 1. The second-order valence-electron chi connectivity index (χ2n) is 7.01. The summed E-state index contributed by atoms with van der Waals surface area (Å²) >= 11 is 6.93. The summed E-state index contributed by atoms with van der Waals surface area (Å²) in [4.78, 5) is 18.1. The minimum atomic E-state index is -0.197. The molecular formula is C18H20N2O2S2. The first-order valence-corrected chi connectivity index (χ1v) is 8.92. The molecule has 2 N–H and O–H groups in total. The van der Waals surface area contributed by atoms with Gasteiger partial charge in [-0.15, -0.1) is 11.3 Å². The minimum Gasteiger partial charge on any atom is -0.506 e. The molecule has 126 valence electrons. The summed E-state index contributed by atoms with van der Waals surface area (Å²) in [7, 11) is 0. The molecule has 2 aromatic heterocycles. The average molecular weight is 361 g/mol. The summed E-state index contributed by atoms with van der Waals surface area (Å²) in [5.41, 5.74) is 2.09. The second kappa shape index (κ2) is 5.57. The van der Waals surface area contributed by atoms with Crippen molar-refractivity contribution in [3.63, 3.8) is 0 Å². The van der Waals surface area contributed by atoms with Crippen LogP contribution in [0.5, 0.6) is 5.75 Å². The molecule has 0 bridgehead atoms. The average Bonchev–Trinajstić information content (AvgIpc) is 2.74. The van der Waals surface area contributed by atoms with Crippen LogP contribution in [0.1, 0.15) is 36.8 Å². The number of aryl methyl sites for hydroxylation is 2. The van der Waals surface area contributed by atoms with E-state index in [0.717, 1.165) is 20.8 Å². The quantitative estimate of drug-likeness (QED) is 0.617. The number of nitrogens with one attached hydrogen (secondary N) is 1. The maximum absolute atomic E-state index is 13.1. The van der Waals surface area contributed by atoms with E-state index in [1.165, 1.54) is 15.9 Å². The van der Waals surface area contributed by atoms with E-state index in [1.54, 1.807) is 6.07 Å². The smallest absolute Gasteiger partial charge is 0.268 e. The number of fused-ring (bicyclic) bond motifs is 1. The lowest BCUT2D eigenvalue weighted by Gasteiger charge is -2.20. The molecule has 0 aliphatic rings. The molecule has 1 aromatic carbocycles. The van der Waals surface area contributed by atoms with Gasteiger partial charge >= 0.3 is 0 Å². The molecule has 6 heteroatoms. The molecule has 0 aliphatic heterocycles. The number of H-pyrrole nitrogens is 1. The Morgan fingerprint density at radius 2 is 1.92 bits per heavy atom. The topological polar surface area (TPSA) is 58.0 Å². The first-order chi connectivity index (χ1) is 11.1. The van der Waals surface area contributed by atoms with Gasteiger partial charge in [0.2, 0.25) is 0 Å². The Kier molecular flexibility index (Phi) is 3.92. The zero-order valence-electron chi connectivity index (χ0n) is 14.4. The number of aromatic nitrogens is 2. The summed E-state index contributed by atoms with van der Waals surface area (Å²) in [6.07, 6.45) is 0. The van der Waals surface area contributed by atoms with Gasteiger partial charge in [-0.1, -0.05) is 26.8 Å². The van der Waals surface area contributed by atoms with E-state index in [-0.39, 0.29) is 21.5 Å². The first kappa shape index (κ1) is 16.9. The highest BCUT2D eigenvalue weighted by Gasteiger charge is 2.19. The third kappa shape index (κ3) is 2.59. The zero-order chi connectivity index (χ0) is 17.8. The van der Waals surface area contributed by atoms with Gasteiger partial charge in [-0.05, 0) is 54.7 Å². The second-order valence-corrected chi connectivity index (χ2v) is 8.62. The van der Waals surface area contributed by atoms with Gasteiger partial charge < -0.3 is 10.1 Å². The zero-order valence-corrected chi connectivity index (χ0v) is 16.0. The molecule has 3 aromatic rings. The number of hydrogen-bond donors (Lipinski definition) is 2. The van der Waals surface area contributed by atoms with Crippen LogP contribution >= 0.6 is 23.6 Å². The van der Waals surface area contributed by atoms with E-state index in [2.05, 4.69) is 25.8 Å². The Bertz CT molecular complexity index is 1070. The van der Waals surface area contributed by atoms with Gasteiger partial charge in [0.05, 0.1) is 11.1 Å². The molecule has 0 fully saturated rings. The molecule has 0 saturated carbocycles. The van der Waals surface area contributed by atoms with Gasteiger partial charge in [-0.2, -0.15) is 0 Å². The predicted molar refractivity (Wildman–Crippen MR) is 102 cm³/mol. The lowest BCUT2D eigenvalue weighted by molar-refractivity contribution is 0.470. The van der Waals surface area contributed by atoms with E-state index in [0.29, 0.717) is 11.1 Å². The van der Waals surface area contributed by atoms with Crippen LogP contribution < -0.4 is 5.56 Å². The molecule has 3 rings (SSSR count). The predicted octanol–water partition coefficient (Wildman–Crippen LogP) is 4.73. The maximum Gasteiger partial charge on any atom is 0.268 e. The van der Waals surface area contributed by atoms with Crippen molar-refractivity contribution >= 4 is 33.8 Å². The van der Waals surface area contributed by atoms with Gasteiger partial charge in [0, 0.05) is 4.88 Å². The van der Waals surface area contributed by atoms with Crippen molar-refractivity contribution in [1.29, 1.82) is 0 Å². The van der Waals surface area contributed by atoms with Crippen molar-refractivity contribution in [3.05, 3.63) is 49.3 Å². The fourth-order valence-electron chi connectivity index (χ4n) is 2.72. The van der Waals surface area contributed by atoms with Gasteiger partial charge in [-0.25, -0.2) is 4.57 Å². The van der Waals surface area contributed by atoms with E-state index in [1.807, 2.05) is 26.0 Å². The Morgan fingerprint density at radius 1 is 1.25 bits per heavy atom. The monoisotopic (exact) mass is 360 g/mol. The van der Waals surface area contributed by atoms with E-state index < -0.39 is 0 Å². The summed E-state index contributed by atoms with van der Waals surface area (Å²) < 4.78 is 1.68. The minimum absolute atomic E-state index is 0.0357. The molecular weight excluding hydrogens is 340 g/mol. The molecule has 0 spiro atoms. The van der Waals surface area contributed by atoms with Gasteiger partial charge in [0.25, 0.3) is 5.56 Å². The highest BCUT2D eigenvalue weighted by molar-refractivity contribution is 7.71. The molecule has 0 atom stereocenters. The van der Waals surface area contributed by atoms with Crippen molar-refractivity contribution in [3.8, 4) is 11.4 Å². The van der Waals surface area contributed by atoms with Crippen LogP contribution in [0.2, 0.25) is 0 Å². The van der Waals surface area contributed by atoms with Crippen LogP contribution in [-0.4, -0.2) is 14.7 Å². The fourth-order valence-corrected chi connectivity index (χ4v) is 4.12. The summed E-state index contributed by atoms with van der Waals surface area (Å²) in [6, 6.07) is 5.32. The number of rotatable bonds is 1. The number of thiophene rings is 1. The van der Waals surface area contributed by atoms with Crippen molar-refractivity contribution < 1.29 is 5.11 Å². The standard InChI is InChI=1S/C18H20N2O2S2/c1-9-10(2)24-15-14(9)16(22)20(17(23)19-15)12-8-11(18(3,4)5)6-7-13(12)21/h6-8,21H,1-5H3,(H,19,23). The Labute approximate surface area is 149 Å². The Balaban J connectivity index is 2.41. The van der Waals surface area contributed by atoms with Crippen LogP contribution in [0.25, 0.3) is 15.9 Å². The maximum atomic E-state index is 13.1. The molecule has 2 heterocycles. The third-order valence-electron chi connectivity index (χ3n) is 4.31. The van der Waals surface area contributed by atoms with Gasteiger partial charge in [0.15, 0.2) is 4.77 Å². The van der Waals surface area contributed by atoms with Gasteiger partial charge in [0.1, 0.15) is 10.6 Å². The lowest BCUT2D eigenvalue weighted by Crippen LogP contribution is -2.21. The van der Waals surface area contributed by atoms with Crippen molar-refractivity contribution in [1.82, 2.24) is 9.55 Å². The summed E-state index contributed by atoms with van der Waals surface area (Å²) in [5, 5.41) is 11.0. The normalized spacial score (nSPS) is 12.0. The van der Waals surface area contributed by atoms with Gasteiger partial charge in [-0.3, -0.25) is 4.79 Å². The molecule has 0 unspecified atom stereocenters. The number of phenolic OH excluding ortho intramolecular Hbond substituents is 1. The summed E-state index contributed by atoms with van der Waals surface area (Å²) in [6.45, 7) is 10.2. The van der Waals surface area contributed by atoms with Crippen LogP contribution in [-0.2, 0) is 5.41 Å². The van der Waals surface area contributed by atoms with E-state index >= 15 is 0 Å². The molecule has 0 radical (unpaired) electrons. The number of hydrogen-bond acceptors (Lipinski definition) is 4. The number of aromatic hydroxyl groups is 1. The highest BCUT2D eigenvalue weighted by Crippen LogP contribution is 2.31. The molecule has 0 aliphatic carbocycles. The van der Waals surface area contributed by atoms with Crippen molar-refractivity contribution in [2.75, 3.05) is 0 Å². The van der Waals surface area contributed by atoms with Crippen LogP contribution in [0.3, 0.4) is 0 Å². The van der Waals surface area contributed by atoms with Crippen LogP contribution in [0.15, 0.2) is 23.0 Å². The molecule has 24 heavy (non-hydrogen) atoms. The third-order valence-corrected chi connectivity index (χ3v) is 5.72. The lowest BCUT2D eigenvalue weighted by atomic mass is 9.87. The van der Waals surface area contributed by atoms with Crippen LogP contribution in [0, 0.1) is 18.6 Å². The molecule has 0 amide bonds. The summed E-state index contributed by atoms with van der Waals surface area (Å²) in [5.74, 6) is 0.0357. The van der Waals surface area contributed by atoms with Crippen LogP contribution in [0.4, 0.5) is 0 Å². The highest BCUT2D eigenvalue weighted by atomic mass is 32.1. The van der Waals surface area contributed by atoms with Crippen molar-refractivity contribution in [2.45, 2.75) is 40.0 Å².